The minimum Gasteiger partial charge on any atom is -0.465 e. The topological polar surface area (TPSA) is 125 Å². The van der Waals surface area contributed by atoms with Gasteiger partial charge >= 0.3 is 5.97 Å². The number of morpholine rings is 1. The van der Waals surface area contributed by atoms with Gasteiger partial charge in [-0.2, -0.15) is 0 Å². The lowest BCUT2D eigenvalue weighted by Crippen LogP contribution is -2.48. The molecule has 2 aliphatic rings. The van der Waals surface area contributed by atoms with Crippen LogP contribution in [0.25, 0.3) is 0 Å². The van der Waals surface area contributed by atoms with Crippen molar-refractivity contribution in [1.82, 2.24) is 5.32 Å². The minimum atomic E-state index is -1.74. The molecule has 30 heavy (non-hydrogen) atoms. The molecule has 1 amide bonds. The standard InChI is InChI=1S/C22H27NO7/c1-5-16(18(26)29-4)13-14(2)9-7-6-8-10-15(3)17(25)22-19(30-22)21(28,11-12-24)23-20(22)27/h5-10,13,19,24,28H,11-12H2,1-4H3,(H,23,27)/b8-6+,9-7+,14-13+,15-10+,16-5-. The molecule has 3 N–H and O–H groups in total. The molecule has 0 aliphatic carbocycles. The molecule has 0 aromatic carbocycles. The van der Waals surface area contributed by atoms with Crippen LogP contribution in [0.1, 0.15) is 27.2 Å². The number of fused-ring (bicyclic) bond motifs is 1. The summed E-state index contributed by atoms with van der Waals surface area (Å²) in [5.41, 5.74) is -1.89. The van der Waals surface area contributed by atoms with Gasteiger partial charge in [0.15, 0.2) is 11.8 Å². The molecule has 162 valence electrons. The second-order valence-electron chi connectivity index (χ2n) is 7.13. The number of ketones is 1. The molecule has 2 heterocycles. The average molecular weight is 417 g/mol. The number of aliphatic hydroxyl groups is 2. The van der Waals surface area contributed by atoms with Crippen LogP contribution in [-0.2, 0) is 23.9 Å². The molecule has 8 nitrogen and oxygen atoms in total. The summed E-state index contributed by atoms with van der Waals surface area (Å²) in [4.78, 5) is 36.5. The normalized spacial score (nSPS) is 29.3. The number of rotatable bonds is 9. The van der Waals surface area contributed by atoms with E-state index in [1.54, 1.807) is 56.4 Å². The number of allylic oxidation sites excluding steroid dienone is 7. The van der Waals surface area contributed by atoms with Gasteiger partial charge in [-0.3, -0.25) is 9.59 Å². The van der Waals surface area contributed by atoms with E-state index in [2.05, 4.69) is 10.1 Å². The van der Waals surface area contributed by atoms with Crippen molar-refractivity contribution in [2.45, 2.75) is 44.6 Å². The van der Waals surface area contributed by atoms with Crippen LogP contribution in [-0.4, -0.2) is 59.0 Å². The van der Waals surface area contributed by atoms with Crippen LogP contribution in [0.15, 0.2) is 59.3 Å². The van der Waals surface area contributed by atoms with E-state index >= 15 is 0 Å². The van der Waals surface area contributed by atoms with Crippen LogP contribution in [0.5, 0.6) is 0 Å². The van der Waals surface area contributed by atoms with Crippen molar-refractivity contribution in [3.8, 4) is 0 Å². The first-order valence-corrected chi connectivity index (χ1v) is 9.49. The van der Waals surface area contributed by atoms with Gasteiger partial charge in [0.25, 0.3) is 5.91 Å². The van der Waals surface area contributed by atoms with E-state index < -0.39 is 35.1 Å². The second-order valence-corrected chi connectivity index (χ2v) is 7.13. The van der Waals surface area contributed by atoms with Crippen LogP contribution in [0.4, 0.5) is 0 Å². The Morgan fingerprint density at radius 3 is 2.53 bits per heavy atom. The maximum atomic E-state index is 12.7. The fourth-order valence-electron chi connectivity index (χ4n) is 3.26. The summed E-state index contributed by atoms with van der Waals surface area (Å²) >= 11 is 0. The van der Waals surface area contributed by atoms with Gasteiger partial charge < -0.3 is 25.0 Å². The van der Waals surface area contributed by atoms with Crippen molar-refractivity contribution < 1.29 is 34.1 Å². The van der Waals surface area contributed by atoms with E-state index in [-0.39, 0.29) is 13.0 Å². The van der Waals surface area contributed by atoms with E-state index in [1.165, 1.54) is 7.11 Å². The van der Waals surface area contributed by atoms with E-state index in [0.717, 1.165) is 5.57 Å². The van der Waals surface area contributed by atoms with E-state index in [4.69, 9.17) is 9.84 Å². The third-order valence-corrected chi connectivity index (χ3v) is 4.95. The van der Waals surface area contributed by atoms with Gasteiger partial charge in [0, 0.05) is 13.0 Å². The first-order valence-electron chi connectivity index (χ1n) is 9.49. The number of aliphatic hydroxyl groups excluding tert-OH is 1. The Hall–Kier alpha value is -2.81. The van der Waals surface area contributed by atoms with Crippen molar-refractivity contribution in [1.29, 1.82) is 0 Å². The lowest BCUT2D eigenvalue weighted by atomic mass is 9.92. The predicted octanol–water partition coefficient (Wildman–Crippen LogP) is 1.02. The van der Waals surface area contributed by atoms with Crippen LogP contribution in [0.2, 0.25) is 0 Å². The highest BCUT2D eigenvalue weighted by molar-refractivity contribution is 6.21. The average Bonchev–Trinajstić information content (AvgIpc) is 3.44. The Morgan fingerprint density at radius 1 is 1.27 bits per heavy atom. The summed E-state index contributed by atoms with van der Waals surface area (Å²) < 4.78 is 9.97. The molecule has 0 spiro atoms. The maximum absolute atomic E-state index is 12.7. The van der Waals surface area contributed by atoms with Crippen LogP contribution < -0.4 is 5.32 Å². The Balaban J connectivity index is 2.01. The highest BCUT2D eigenvalue weighted by Crippen LogP contribution is 2.50. The number of hydrogen-bond donors (Lipinski definition) is 3. The lowest BCUT2D eigenvalue weighted by molar-refractivity contribution is -0.138. The summed E-state index contributed by atoms with van der Waals surface area (Å²) in [5, 5.41) is 21.7. The molecule has 3 atom stereocenters. The smallest absolute Gasteiger partial charge is 0.337 e. The summed E-state index contributed by atoms with van der Waals surface area (Å²) in [6.45, 7) is 4.78. The molecule has 0 aromatic rings. The summed E-state index contributed by atoms with van der Waals surface area (Å²) in [7, 11) is 1.32. The van der Waals surface area contributed by atoms with Crippen LogP contribution in [0, 0.1) is 0 Å². The molecular formula is C22H27NO7. The zero-order valence-corrected chi connectivity index (χ0v) is 17.5. The first-order chi connectivity index (χ1) is 14.2. The SMILES string of the molecule is C/C=C(/C=C(C)/C=C/C=C/C=C(\C)C(=O)C12OC1C(O)(CCO)NC2=O)C(=O)OC. The van der Waals surface area contributed by atoms with Crippen LogP contribution in [0.3, 0.4) is 0 Å². The highest BCUT2D eigenvalue weighted by Gasteiger charge is 2.80. The number of carbonyl (C=O) groups is 3. The van der Waals surface area contributed by atoms with E-state index in [1.807, 2.05) is 6.92 Å². The van der Waals surface area contributed by atoms with Crippen LogP contribution >= 0.6 is 0 Å². The van der Waals surface area contributed by atoms with Crippen molar-refractivity contribution in [3.05, 3.63) is 59.3 Å². The number of nitrogens with one attached hydrogen (secondary N) is 1. The maximum Gasteiger partial charge on any atom is 0.337 e. The third kappa shape index (κ3) is 4.51. The van der Waals surface area contributed by atoms with Crippen molar-refractivity contribution in [3.63, 3.8) is 0 Å². The zero-order chi connectivity index (χ0) is 22.5. The minimum absolute atomic E-state index is 0.121. The van der Waals surface area contributed by atoms with Crippen molar-refractivity contribution in [2.24, 2.45) is 0 Å². The summed E-state index contributed by atoms with van der Waals surface area (Å²) in [6, 6.07) is 0. The summed E-state index contributed by atoms with van der Waals surface area (Å²) in [5.74, 6) is -1.64. The lowest BCUT2D eigenvalue weighted by Gasteiger charge is -2.22. The largest absolute Gasteiger partial charge is 0.465 e. The number of hydrogen-bond acceptors (Lipinski definition) is 7. The van der Waals surface area contributed by atoms with Gasteiger partial charge in [0.2, 0.25) is 11.4 Å². The quantitative estimate of drug-likeness (QED) is 0.168. The molecular weight excluding hydrogens is 390 g/mol. The number of ether oxygens (including phenoxy) is 2. The van der Waals surface area contributed by atoms with Gasteiger partial charge in [-0.05, 0) is 32.4 Å². The van der Waals surface area contributed by atoms with Gasteiger partial charge in [-0.1, -0.05) is 42.0 Å². The number of carbonyl (C=O) groups excluding carboxylic acids is 3. The Morgan fingerprint density at radius 2 is 1.97 bits per heavy atom. The molecule has 2 rings (SSSR count). The highest BCUT2D eigenvalue weighted by atomic mass is 16.6. The number of esters is 1. The molecule has 2 aliphatic heterocycles. The van der Waals surface area contributed by atoms with Crippen molar-refractivity contribution in [2.75, 3.05) is 13.7 Å². The Labute approximate surface area is 175 Å². The number of epoxide rings is 1. The van der Waals surface area contributed by atoms with E-state index in [0.29, 0.717) is 11.1 Å². The Kier molecular flexibility index (Phi) is 7.30. The monoisotopic (exact) mass is 417 g/mol. The molecule has 0 radical (unpaired) electrons. The first kappa shape index (κ1) is 23.5. The predicted molar refractivity (Wildman–Crippen MR) is 109 cm³/mol. The van der Waals surface area contributed by atoms with Crippen molar-refractivity contribution >= 4 is 17.7 Å². The molecule has 0 bridgehead atoms. The van der Waals surface area contributed by atoms with Gasteiger partial charge in [0.05, 0.1) is 12.7 Å². The summed E-state index contributed by atoms with van der Waals surface area (Å²) in [6.07, 6.45) is 10.6. The van der Waals surface area contributed by atoms with Gasteiger partial charge in [0.1, 0.15) is 0 Å². The molecule has 0 saturated carbocycles. The third-order valence-electron chi connectivity index (χ3n) is 4.95. The molecule has 0 aromatic heterocycles. The number of Topliss-reactive ketones (excluding diaryl/α,β-unsaturated/α-hetero) is 1. The number of amides is 1. The molecule has 2 fully saturated rings. The Bertz CT molecular complexity index is 880. The second kappa shape index (κ2) is 9.34. The fourth-order valence-corrected chi connectivity index (χ4v) is 3.26. The molecule has 3 unspecified atom stereocenters. The molecule has 2 saturated heterocycles. The molecule has 8 heteroatoms. The van der Waals surface area contributed by atoms with E-state index in [9.17, 15) is 19.5 Å². The fraction of sp³-hybridized carbons (Fsp3) is 0.409. The van der Waals surface area contributed by atoms with Gasteiger partial charge in [-0.15, -0.1) is 0 Å². The van der Waals surface area contributed by atoms with Gasteiger partial charge in [-0.25, -0.2) is 4.79 Å². The number of methoxy groups -OCH3 is 1. The zero-order valence-electron chi connectivity index (χ0n) is 17.5.